The first-order valence-corrected chi connectivity index (χ1v) is 24.8. The Balaban J connectivity index is 0.967. The molecule has 0 spiro atoms. The topological polar surface area (TPSA) is 53.7 Å². The highest BCUT2D eigenvalue weighted by molar-refractivity contribution is 6.16. The van der Waals surface area contributed by atoms with Gasteiger partial charge in [-0.05, 0) is 106 Å². The van der Waals surface area contributed by atoms with Gasteiger partial charge in [-0.1, -0.05) is 146 Å². The predicted molar refractivity (Wildman–Crippen MR) is 293 cm³/mol. The van der Waals surface area contributed by atoms with Crippen LogP contribution in [0, 0.1) is 0 Å². The van der Waals surface area contributed by atoms with Gasteiger partial charge in [0.25, 0.3) is 0 Å². The van der Waals surface area contributed by atoms with Crippen LogP contribution in [0.25, 0.3) is 116 Å². The molecule has 0 saturated heterocycles. The fourth-order valence-electron chi connectivity index (χ4n) is 13.2. The van der Waals surface area contributed by atoms with E-state index in [1.807, 2.05) is 12.1 Å². The van der Waals surface area contributed by atoms with Crippen molar-refractivity contribution in [1.29, 1.82) is 0 Å². The van der Waals surface area contributed by atoms with Crippen molar-refractivity contribution < 1.29 is 4.42 Å². The van der Waals surface area contributed by atoms with Crippen LogP contribution in [0.1, 0.15) is 45.2 Å². The van der Waals surface area contributed by atoms with E-state index < -0.39 is 0 Å². The van der Waals surface area contributed by atoms with E-state index in [2.05, 4.69) is 226 Å². The lowest BCUT2D eigenvalue weighted by molar-refractivity contribution is 0.669. The van der Waals surface area contributed by atoms with Crippen molar-refractivity contribution in [2.24, 2.45) is 0 Å². The number of fused-ring (bicyclic) bond motifs is 12. The van der Waals surface area contributed by atoms with Gasteiger partial charge in [0, 0.05) is 72.2 Å². The third-order valence-corrected chi connectivity index (χ3v) is 16.0. The van der Waals surface area contributed by atoms with Gasteiger partial charge in [-0.15, -0.1) is 0 Å². The van der Waals surface area contributed by atoms with Gasteiger partial charge in [0.05, 0.1) is 38.8 Å². The Morgan fingerprint density at radius 1 is 0.333 bits per heavy atom. The number of hydrogen-bond donors (Lipinski definition) is 0. The normalized spacial score (nSPS) is 14.9. The molecule has 6 nitrogen and oxygen atoms in total. The molecule has 72 heavy (non-hydrogen) atoms. The van der Waals surface area contributed by atoms with Gasteiger partial charge in [-0.3, -0.25) is 9.13 Å². The summed E-state index contributed by atoms with van der Waals surface area (Å²) in [6, 6.07) is 81.6. The molecule has 2 bridgehead atoms. The van der Waals surface area contributed by atoms with Gasteiger partial charge < -0.3 is 8.98 Å². The number of hydrogen-bond acceptors (Lipinski definition) is 3. The summed E-state index contributed by atoms with van der Waals surface area (Å²) < 4.78 is 13.4. The van der Waals surface area contributed by atoms with Gasteiger partial charge in [0.1, 0.15) is 17.0 Å². The van der Waals surface area contributed by atoms with E-state index in [9.17, 15) is 0 Å². The Labute approximate surface area is 411 Å². The van der Waals surface area contributed by atoms with Crippen molar-refractivity contribution in [3.8, 4) is 28.7 Å². The minimum Gasteiger partial charge on any atom is -0.456 e. The van der Waals surface area contributed by atoms with Crippen molar-refractivity contribution in [3.63, 3.8) is 0 Å². The lowest BCUT2D eigenvalue weighted by Gasteiger charge is -2.43. The highest BCUT2D eigenvalue weighted by Crippen LogP contribution is 2.60. The Kier molecular flexibility index (Phi) is 7.49. The number of para-hydroxylation sites is 6. The predicted octanol–water partition coefficient (Wildman–Crippen LogP) is 16.3. The first-order valence-electron chi connectivity index (χ1n) is 24.8. The molecule has 0 N–H and O–H groups in total. The van der Waals surface area contributed by atoms with E-state index in [-0.39, 0.29) is 11.8 Å². The molecule has 0 amide bonds. The Bertz CT molecular complexity index is 4780. The minimum absolute atomic E-state index is 0.0187. The van der Waals surface area contributed by atoms with Crippen LogP contribution in [0.3, 0.4) is 0 Å². The highest BCUT2D eigenvalue weighted by atomic mass is 16.3. The number of nitrogens with zero attached hydrogens (tertiary/aromatic N) is 5. The van der Waals surface area contributed by atoms with Crippen LogP contribution >= 0.6 is 0 Å². The molecule has 2 atom stereocenters. The number of rotatable bonds is 4. The summed E-state index contributed by atoms with van der Waals surface area (Å²) in [6.45, 7) is 0. The van der Waals surface area contributed by atoms with Crippen molar-refractivity contribution in [1.82, 2.24) is 23.7 Å². The zero-order chi connectivity index (χ0) is 46.8. The quantitative estimate of drug-likeness (QED) is 0.177. The number of benzene rings is 10. The second kappa shape index (κ2) is 14.1. The second-order valence-electron chi connectivity index (χ2n) is 19.6. The first-order chi connectivity index (χ1) is 35.7. The lowest BCUT2D eigenvalue weighted by atomic mass is 9.59. The fourth-order valence-corrected chi connectivity index (χ4v) is 13.2. The van der Waals surface area contributed by atoms with Gasteiger partial charge in [0.2, 0.25) is 5.95 Å². The molecule has 5 heterocycles. The largest absolute Gasteiger partial charge is 0.456 e. The fraction of sp³-hybridized carbons (Fsp3) is 0.0303. The summed E-state index contributed by atoms with van der Waals surface area (Å²) in [5.41, 5.74) is 19.8. The van der Waals surface area contributed by atoms with Crippen molar-refractivity contribution >= 4 is 87.4 Å². The van der Waals surface area contributed by atoms with Crippen LogP contribution in [0.2, 0.25) is 0 Å². The maximum absolute atomic E-state index is 6.34. The van der Waals surface area contributed by atoms with Crippen LogP contribution in [0.4, 0.5) is 0 Å². The van der Waals surface area contributed by atoms with E-state index in [0.29, 0.717) is 5.95 Å². The summed E-state index contributed by atoms with van der Waals surface area (Å²) in [5, 5.41) is 9.55. The van der Waals surface area contributed by atoms with Crippen LogP contribution in [0.5, 0.6) is 0 Å². The summed E-state index contributed by atoms with van der Waals surface area (Å²) >= 11 is 0. The maximum Gasteiger partial charge on any atom is 0.237 e. The zero-order valence-electron chi connectivity index (χ0n) is 38.7. The maximum atomic E-state index is 6.34. The number of furan rings is 1. The molecule has 6 heteroatoms. The number of aromatic nitrogens is 5. The van der Waals surface area contributed by atoms with E-state index in [4.69, 9.17) is 14.4 Å². The van der Waals surface area contributed by atoms with E-state index in [1.54, 1.807) is 0 Å². The van der Waals surface area contributed by atoms with Crippen molar-refractivity contribution in [2.45, 2.75) is 11.8 Å². The molecule has 5 aromatic heterocycles. The standard InChI is InChI=1S/C66H39N5O/c1-2-16-39(17-3-1)69-53-27-13-8-23-45(53)61-55(69)33-31-47-60-43-21-4-5-22-44(43)63(64(47)61)65-48(60)32-34-56-62(65)46-24-9-14-28-54(46)71(56)66-67-50(38-30-35-58-49(36-38)42-20-10-15-29-57(42)72-58)37-59(68-66)70-51-25-11-6-18-40(51)41-19-7-12-26-52(41)70/h1-37,60,63H. The lowest BCUT2D eigenvalue weighted by Crippen LogP contribution is -2.28. The molecule has 0 aliphatic heterocycles. The average molecular weight is 918 g/mol. The van der Waals surface area contributed by atoms with Crippen LogP contribution < -0.4 is 0 Å². The van der Waals surface area contributed by atoms with Gasteiger partial charge in [-0.25, -0.2) is 4.98 Å². The molecule has 18 rings (SSSR count). The highest BCUT2D eigenvalue weighted by Gasteiger charge is 2.44. The van der Waals surface area contributed by atoms with Crippen molar-refractivity contribution in [3.05, 3.63) is 258 Å². The Morgan fingerprint density at radius 2 is 0.847 bits per heavy atom. The van der Waals surface area contributed by atoms with Gasteiger partial charge in [-0.2, -0.15) is 4.98 Å². The summed E-state index contributed by atoms with van der Waals surface area (Å²) in [5.74, 6) is 1.46. The molecule has 0 radical (unpaired) electrons. The summed E-state index contributed by atoms with van der Waals surface area (Å²) in [6.07, 6.45) is 0. The van der Waals surface area contributed by atoms with E-state index >= 15 is 0 Å². The summed E-state index contributed by atoms with van der Waals surface area (Å²) in [7, 11) is 0. The van der Waals surface area contributed by atoms with Crippen LogP contribution in [0.15, 0.2) is 229 Å². The monoisotopic (exact) mass is 917 g/mol. The third kappa shape index (κ3) is 4.97. The Hall–Kier alpha value is -9.52. The smallest absolute Gasteiger partial charge is 0.237 e. The van der Waals surface area contributed by atoms with Gasteiger partial charge in [0.15, 0.2) is 0 Å². The van der Waals surface area contributed by atoms with E-state index in [1.165, 1.54) is 76.7 Å². The second-order valence-corrected chi connectivity index (χ2v) is 19.6. The molecule has 334 valence electrons. The molecular weight excluding hydrogens is 879 g/mol. The third-order valence-electron chi connectivity index (χ3n) is 16.0. The molecule has 0 fully saturated rings. The average Bonchev–Trinajstić information content (AvgIpc) is 4.20. The van der Waals surface area contributed by atoms with E-state index in [0.717, 1.165) is 66.8 Å². The molecule has 15 aromatic rings. The minimum atomic E-state index is -0.0187. The molecule has 3 aliphatic carbocycles. The summed E-state index contributed by atoms with van der Waals surface area (Å²) in [4.78, 5) is 11.3. The van der Waals surface area contributed by atoms with Crippen LogP contribution in [-0.4, -0.2) is 23.7 Å². The molecule has 0 saturated carbocycles. The molecule has 3 aliphatic rings. The first kappa shape index (κ1) is 38.3. The molecule has 2 unspecified atom stereocenters. The zero-order valence-corrected chi connectivity index (χ0v) is 38.7. The SMILES string of the molecule is c1ccc(-n2c3ccccc3c3c4c(ccc32)C2c3ccccc3C4c3c2ccc2c3c3ccccc3n2-c2nc(-c3ccc4oc5ccccc5c4c3)cc(-n3c4ccccc4c4ccccc43)n2)cc1. The Morgan fingerprint density at radius 3 is 1.51 bits per heavy atom. The van der Waals surface area contributed by atoms with Crippen LogP contribution in [-0.2, 0) is 0 Å². The van der Waals surface area contributed by atoms with Gasteiger partial charge >= 0.3 is 0 Å². The molecule has 10 aromatic carbocycles. The van der Waals surface area contributed by atoms with Crippen molar-refractivity contribution in [2.75, 3.05) is 0 Å². The molecular formula is C66H39N5O.